The van der Waals surface area contributed by atoms with Crippen LogP contribution in [0.1, 0.15) is 26.3 Å². The first-order chi connectivity index (χ1) is 16.2. The van der Waals surface area contributed by atoms with Crippen molar-refractivity contribution in [1.29, 1.82) is 0 Å². The first kappa shape index (κ1) is 24.8. The molecule has 1 amide bonds. The van der Waals surface area contributed by atoms with Crippen LogP contribution in [0, 0.1) is 5.82 Å². The highest BCUT2D eigenvalue weighted by Crippen LogP contribution is 2.50. The lowest BCUT2D eigenvalue weighted by atomic mass is 10.1. The molecule has 0 bridgehead atoms. The van der Waals surface area contributed by atoms with Crippen molar-refractivity contribution in [2.75, 3.05) is 5.75 Å². The van der Waals surface area contributed by atoms with Crippen molar-refractivity contribution in [3.8, 4) is 0 Å². The van der Waals surface area contributed by atoms with Crippen LogP contribution >= 0.6 is 10.9 Å². The van der Waals surface area contributed by atoms with E-state index >= 15 is 0 Å². The maximum atomic E-state index is 13.8. The topological polar surface area (TPSA) is 93.2 Å². The van der Waals surface area contributed by atoms with Gasteiger partial charge in [0.2, 0.25) is 0 Å². The molecule has 1 aliphatic heterocycles. The number of hydrogen-bond acceptors (Lipinski definition) is 4. The molecule has 1 aliphatic rings. The quantitative estimate of drug-likeness (QED) is 0.354. The van der Waals surface area contributed by atoms with Crippen molar-refractivity contribution in [3.05, 3.63) is 68.6 Å². The molecule has 188 valence electrons. The average molecular weight is 514 g/mol. The third kappa shape index (κ3) is 5.21. The van der Waals surface area contributed by atoms with Gasteiger partial charge in [0.1, 0.15) is 11.4 Å². The highest BCUT2D eigenvalue weighted by molar-refractivity contribution is 8.17. The number of nitrogens with zero attached hydrogens (tertiary/aromatic N) is 1. The summed E-state index contributed by atoms with van der Waals surface area (Å²) in [5.74, 6) is -0.393. The van der Waals surface area contributed by atoms with E-state index in [2.05, 4.69) is 10.3 Å². The molecular formula is C23H23F4N3O4S. The van der Waals surface area contributed by atoms with E-state index in [0.29, 0.717) is 11.0 Å². The molecule has 2 aromatic carbocycles. The summed E-state index contributed by atoms with van der Waals surface area (Å²) >= 11 is 0. The molecule has 12 heteroatoms. The van der Waals surface area contributed by atoms with Crippen LogP contribution < -0.4 is 16.6 Å². The molecule has 0 saturated heterocycles. The maximum Gasteiger partial charge on any atom is 0.416 e. The van der Waals surface area contributed by atoms with Crippen LogP contribution in [0.3, 0.4) is 0 Å². The Morgan fingerprint density at radius 2 is 1.80 bits per heavy atom. The molecule has 3 aromatic rings. The second-order valence-corrected chi connectivity index (χ2v) is 11.4. The van der Waals surface area contributed by atoms with Crippen LogP contribution in [0.4, 0.5) is 22.4 Å². The number of hydrogen-bond donors (Lipinski definition) is 3. The molecule has 35 heavy (non-hydrogen) atoms. The number of alkyl carbamates (subject to hydrolysis) is 1. The summed E-state index contributed by atoms with van der Waals surface area (Å²) in [5, 5.41) is 2.41. The van der Waals surface area contributed by atoms with Crippen LogP contribution in [-0.2, 0) is 17.5 Å². The molecule has 0 radical (unpaired) electrons. The number of amides is 1. The van der Waals surface area contributed by atoms with Crippen molar-refractivity contribution < 1.29 is 27.1 Å². The fourth-order valence-corrected chi connectivity index (χ4v) is 6.61. The Morgan fingerprint density at radius 1 is 1.14 bits per heavy atom. The van der Waals surface area contributed by atoms with E-state index in [1.54, 1.807) is 20.8 Å². The number of aromatic nitrogens is 2. The van der Waals surface area contributed by atoms with E-state index in [4.69, 9.17) is 4.74 Å². The summed E-state index contributed by atoms with van der Waals surface area (Å²) < 4.78 is 61.4. The fraction of sp³-hybridized carbons (Fsp3) is 0.348. The predicted molar refractivity (Wildman–Crippen MR) is 124 cm³/mol. The number of halogens is 4. The summed E-state index contributed by atoms with van der Waals surface area (Å²) in [7, 11) is -1.65. The third-order valence-electron chi connectivity index (χ3n) is 5.35. The van der Waals surface area contributed by atoms with Crippen LogP contribution in [0.5, 0.6) is 0 Å². The minimum Gasteiger partial charge on any atom is -0.444 e. The van der Waals surface area contributed by atoms with Gasteiger partial charge in [-0.2, -0.15) is 24.1 Å². The van der Waals surface area contributed by atoms with Gasteiger partial charge in [0.25, 0.3) is 5.56 Å². The van der Waals surface area contributed by atoms with Gasteiger partial charge in [0.15, 0.2) is 0 Å². The Morgan fingerprint density at radius 3 is 2.40 bits per heavy atom. The van der Waals surface area contributed by atoms with Crippen LogP contribution in [0.25, 0.3) is 10.9 Å². The normalized spacial score (nSPS) is 19.3. The van der Waals surface area contributed by atoms with Crippen molar-refractivity contribution in [1.82, 2.24) is 14.9 Å². The number of benzene rings is 2. The number of carbonyl (C=O) groups excluding carboxylic acids is 1. The second-order valence-electron chi connectivity index (χ2n) is 9.19. The molecule has 0 aliphatic carbocycles. The first-order valence-corrected chi connectivity index (χ1v) is 12.2. The number of H-pyrrole nitrogens is 1. The van der Waals surface area contributed by atoms with Crippen molar-refractivity contribution in [2.24, 2.45) is 0 Å². The molecule has 1 aromatic heterocycles. The van der Waals surface area contributed by atoms with Gasteiger partial charge < -0.3 is 10.1 Å². The zero-order chi connectivity index (χ0) is 25.7. The standard InChI is InChI=1S/C23H23F4N3O4S/c1-22(2,3)34-21(33)28-14-10-30-18-16(19(31)29-20(30)32)8-12(23(25,26)27)9-17(18)35(11-14)15-6-4-13(24)5-7-15/h4-9,14,35H,10-11H2,1-3H3,(H,28,33)(H,29,31,32)/t14-/m0/s1. The number of alkyl halides is 3. The van der Waals surface area contributed by atoms with E-state index in [0.717, 1.165) is 6.07 Å². The van der Waals surface area contributed by atoms with Crippen LogP contribution in [0.15, 0.2) is 55.8 Å². The lowest BCUT2D eigenvalue weighted by Crippen LogP contribution is -2.44. The van der Waals surface area contributed by atoms with Gasteiger partial charge in [-0.25, -0.2) is 14.0 Å². The summed E-state index contributed by atoms with van der Waals surface area (Å²) in [4.78, 5) is 40.6. The van der Waals surface area contributed by atoms with Gasteiger partial charge in [-0.1, -0.05) is 0 Å². The minimum atomic E-state index is -4.75. The molecule has 0 fully saturated rings. The summed E-state index contributed by atoms with van der Waals surface area (Å²) in [6, 6.07) is 6.21. The van der Waals surface area contributed by atoms with E-state index in [-0.39, 0.29) is 28.1 Å². The maximum absolute atomic E-state index is 13.8. The SMILES string of the molecule is CC(C)(C)OC(=O)N[C@H]1Cn2c(=O)[nH]c(=O)c3cc(C(F)(F)F)cc(c32)[SH](c2ccc(F)cc2)C1. The minimum absolute atomic E-state index is 0.0654. The summed E-state index contributed by atoms with van der Waals surface area (Å²) in [6.45, 7) is 4.92. The highest BCUT2D eigenvalue weighted by Gasteiger charge is 2.35. The third-order valence-corrected chi connectivity index (χ3v) is 8.00. The van der Waals surface area contributed by atoms with Crippen molar-refractivity contribution in [2.45, 2.75) is 54.9 Å². The van der Waals surface area contributed by atoms with Gasteiger partial charge in [0, 0.05) is 17.2 Å². The Labute approximate surface area is 199 Å². The molecule has 2 N–H and O–H groups in total. The van der Waals surface area contributed by atoms with Gasteiger partial charge in [-0.15, -0.1) is 0 Å². The molecule has 7 nitrogen and oxygen atoms in total. The van der Waals surface area contributed by atoms with Crippen LogP contribution in [0.2, 0.25) is 0 Å². The van der Waals surface area contributed by atoms with Gasteiger partial charge in [-0.05, 0) is 62.1 Å². The Kier molecular flexibility index (Phi) is 6.20. The molecule has 0 spiro atoms. The Balaban J connectivity index is 1.95. The Hall–Kier alpha value is -3.28. The second kappa shape index (κ2) is 8.74. The van der Waals surface area contributed by atoms with Crippen molar-refractivity contribution >= 4 is 27.9 Å². The van der Waals surface area contributed by atoms with Gasteiger partial charge >= 0.3 is 18.0 Å². The van der Waals surface area contributed by atoms with Crippen molar-refractivity contribution in [3.63, 3.8) is 0 Å². The first-order valence-electron chi connectivity index (χ1n) is 10.6. The monoisotopic (exact) mass is 513 g/mol. The fourth-order valence-electron chi connectivity index (χ4n) is 3.98. The zero-order valence-corrected chi connectivity index (χ0v) is 19.9. The summed E-state index contributed by atoms with van der Waals surface area (Å²) in [5.41, 5.74) is -3.53. The van der Waals surface area contributed by atoms with E-state index in [9.17, 15) is 31.9 Å². The number of rotatable bonds is 2. The zero-order valence-electron chi connectivity index (χ0n) is 19.0. The van der Waals surface area contributed by atoms with E-state index < -0.39 is 57.4 Å². The Bertz CT molecular complexity index is 1410. The number of aromatic amines is 1. The molecule has 2 atom stereocenters. The largest absolute Gasteiger partial charge is 0.444 e. The van der Waals surface area contributed by atoms with Gasteiger partial charge in [0.05, 0.1) is 22.5 Å². The number of nitrogens with one attached hydrogen (secondary N) is 2. The van der Waals surface area contributed by atoms with Gasteiger partial charge in [-0.3, -0.25) is 14.3 Å². The number of carbonyl (C=O) groups is 1. The lowest BCUT2D eigenvalue weighted by molar-refractivity contribution is -0.137. The molecule has 0 saturated carbocycles. The average Bonchev–Trinajstić information content (AvgIpc) is 2.88. The summed E-state index contributed by atoms with van der Waals surface area (Å²) in [6.07, 6.45) is -5.50. The molecule has 4 rings (SSSR count). The van der Waals surface area contributed by atoms with Crippen LogP contribution in [-0.4, -0.2) is 33.0 Å². The van der Waals surface area contributed by atoms with E-state index in [1.165, 1.54) is 28.8 Å². The van der Waals surface area contributed by atoms with E-state index in [1.807, 2.05) is 0 Å². The number of ether oxygens (including phenoxy) is 1. The molecular weight excluding hydrogens is 490 g/mol. The highest BCUT2D eigenvalue weighted by atomic mass is 32.2. The predicted octanol–water partition coefficient (Wildman–Crippen LogP) is 4.17. The molecule has 1 unspecified atom stereocenters. The lowest BCUT2D eigenvalue weighted by Gasteiger charge is -2.27. The smallest absolute Gasteiger partial charge is 0.416 e. The number of thiol groups is 1. The molecule has 2 heterocycles.